The Morgan fingerprint density at radius 3 is 2.56 bits per heavy atom. The average Bonchev–Trinajstić information content (AvgIpc) is 2.80. The minimum atomic E-state index is 0.391. The number of hydrogen-bond donors (Lipinski definition) is 1. The molecule has 32 heavy (non-hydrogen) atoms. The van der Waals surface area contributed by atoms with Crippen LogP contribution < -0.4 is 14.8 Å². The molecule has 0 unspecified atom stereocenters. The lowest BCUT2D eigenvalue weighted by molar-refractivity contribution is 0.258. The van der Waals surface area contributed by atoms with Crippen molar-refractivity contribution in [3.8, 4) is 11.5 Å². The van der Waals surface area contributed by atoms with Crippen molar-refractivity contribution in [1.29, 1.82) is 0 Å². The maximum absolute atomic E-state index is 6.14. The first kappa shape index (κ1) is 21.5. The van der Waals surface area contributed by atoms with E-state index in [4.69, 9.17) is 9.47 Å². The molecule has 0 atom stereocenters. The summed E-state index contributed by atoms with van der Waals surface area (Å²) in [5, 5.41) is 4.38. The van der Waals surface area contributed by atoms with Gasteiger partial charge in [0.25, 0.3) is 0 Å². The van der Waals surface area contributed by atoms with Crippen molar-refractivity contribution < 1.29 is 9.47 Å². The molecule has 2 aromatic heterocycles. The second kappa shape index (κ2) is 10.1. The largest absolute Gasteiger partial charge is 0.490 e. The van der Waals surface area contributed by atoms with Crippen LogP contribution in [0.15, 0.2) is 67.1 Å². The smallest absolute Gasteiger partial charge is 0.146 e. The van der Waals surface area contributed by atoms with Gasteiger partial charge in [-0.25, -0.2) is 9.97 Å². The van der Waals surface area contributed by atoms with E-state index in [9.17, 15) is 0 Å². The van der Waals surface area contributed by atoms with Crippen LogP contribution in [0, 0.1) is 6.92 Å². The van der Waals surface area contributed by atoms with Gasteiger partial charge in [0.1, 0.15) is 36.9 Å². The van der Waals surface area contributed by atoms with Crippen LogP contribution in [-0.4, -0.2) is 47.1 Å². The number of ether oxygens (including phenoxy) is 2. The molecule has 0 radical (unpaired) electrons. The van der Waals surface area contributed by atoms with Crippen molar-refractivity contribution in [1.82, 2.24) is 19.9 Å². The number of anilines is 2. The molecule has 4 aromatic rings. The molecular weight excluding hydrogens is 402 g/mol. The maximum atomic E-state index is 6.14. The number of rotatable bonds is 9. The Morgan fingerprint density at radius 1 is 0.906 bits per heavy atom. The zero-order valence-electron chi connectivity index (χ0n) is 18.6. The fourth-order valence-electron chi connectivity index (χ4n) is 3.25. The predicted molar refractivity (Wildman–Crippen MR) is 127 cm³/mol. The summed E-state index contributed by atoms with van der Waals surface area (Å²) in [6.07, 6.45) is 3.33. The fourth-order valence-corrected chi connectivity index (χ4v) is 3.25. The Bertz CT molecular complexity index is 1180. The van der Waals surface area contributed by atoms with Gasteiger partial charge in [0, 0.05) is 24.2 Å². The van der Waals surface area contributed by atoms with Crippen molar-refractivity contribution in [3.05, 3.63) is 78.4 Å². The molecule has 0 saturated heterocycles. The summed E-state index contributed by atoms with van der Waals surface area (Å²) in [6.45, 7) is 3.76. The molecule has 1 N–H and O–H groups in total. The van der Waals surface area contributed by atoms with Crippen LogP contribution in [0.25, 0.3) is 10.9 Å². The first-order valence-electron chi connectivity index (χ1n) is 10.5. The van der Waals surface area contributed by atoms with Gasteiger partial charge >= 0.3 is 0 Å². The van der Waals surface area contributed by atoms with Gasteiger partial charge in [0.05, 0.1) is 16.9 Å². The number of aryl methyl sites for hydroxylation is 1. The Kier molecular flexibility index (Phi) is 6.77. The van der Waals surface area contributed by atoms with Crippen LogP contribution in [0.4, 0.5) is 11.5 Å². The molecule has 2 heterocycles. The van der Waals surface area contributed by atoms with E-state index in [2.05, 4.69) is 25.2 Å². The Balaban J connectivity index is 1.62. The van der Waals surface area contributed by atoms with Crippen molar-refractivity contribution in [2.75, 3.05) is 32.6 Å². The van der Waals surface area contributed by atoms with Gasteiger partial charge in [0.2, 0.25) is 0 Å². The van der Waals surface area contributed by atoms with E-state index in [0.29, 0.717) is 19.0 Å². The van der Waals surface area contributed by atoms with Crippen LogP contribution in [0.1, 0.15) is 11.3 Å². The van der Waals surface area contributed by atoms with Crippen LogP contribution in [0.3, 0.4) is 0 Å². The molecular formula is C25H27N5O2. The third-order valence-electron chi connectivity index (χ3n) is 4.97. The van der Waals surface area contributed by atoms with Gasteiger partial charge in [-0.2, -0.15) is 0 Å². The summed E-state index contributed by atoms with van der Waals surface area (Å²) in [5.41, 5.74) is 3.57. The van der Waals surface area contributed by atoms with E-state index < -0.39 is 0 Å². The quantitative estimate of drug-likeness (QED) is 0.417. The first-order chi connectivity index (χ1) is 15.6. The number of hydrogen-bond acceptors (Lipinski definition) is 7. The fraction of sp³-hybridized carbons (Fsp3) is 0.240. The van der Waals surface area contributed by atoms with E-state index in [-0.39, 0.29) is 0 Å². The molecule has 0 fully saturated rings. The highest BCUT2D eigenvalue weighted by Gasteiger charge is 2.13. The van der Waals surface area contributed by atoms with Crippen molar-refractivity contribution >= 4 is 22.4 Å². The summed E-state index contributed by atoms with van der Waals surface area (Å²) < 4.78 is 12.2. The standard InChI is InChI=1S/C25H27N5O2/c1-18-14-22(29-25-20-9-4-5-10-21(20)27-17-28-25)24(31-13-12-30(2)3)15-23(18)32-16-19-8-6-7-11-26-19/h4-11,14-15,17H,12-13,16H2,1-3H3,(H,27,28,29). The minimum Gasteiger partial charge on any atom is -0.490 e. The molecule has 0 aliphatic heterocycles. The molecule has 0 aliphatic carbocycles. The lowest BCUT2D eigenvalue weighted by Crippen LogP contribution is -2.19. The van der Waals surface area contributed by atoms with Gasteiger partial charge in [-0.1, -0.05) is 18.2 Å². The van der Waals surface area contributed by atoms with Gasteiger partial charge in [0.15, 0.2) is 0 Å². The number of aromatic nitrogens is 3. The second-order valence-corrected chi connectivity index (χ2v) is 7.74. The molecule has 4 rings (SSSR count). The minimum absolute atomic E-state index is 0.391. The van der Waals surface area contributed by atoms with E-state index >= 15 is 0 Å². The van der Waals surface area contributed by atoms with Crippen LogP contribution in [-0.2, 0) is 6.61 Å². The zero-order chi connectivity index (χ0) is 22.3. The summed E-state index contributed by atoms with van der Waals surface area (Å²) in [6, 6.07) is 17.7. The highest BCUT2D eigenvalue weighted by Crippen LogP contribution is 2.36. The second-order valence-electron chi connectivity index (χ2n) is 7.74. The number of para-hydroxylation sites is 1. The number of likely N-dealkylation sites (N-methyl/N-ethyl adjacent to an activating group) is 1. The van der Waals surface area contributed by atoms with Gasteiger partial charge in [-0.15, -0.1) is 0 Å². The lowest BCUT2D eigenvalue weighted by Gasteiger charge is -2.18. The topological polar surface area (TPSA) is 72.4 Å². The van der Waals surface area contributed by atoms with Crippen LogP contribution >= 0.6 is 0 Å². The van der Waals surface area contributed by atoms with Crippen molar-refractivity contribution in [3.63, 3.8) is 0 Å². The molecule has 0 bridgehead atoms. The number of pyridine rings is 1. The maximum Gasteiger partial charge on any atom is 0.146 e. The highest BCUT2D eigenvalue weighted by atomic mass is 16.5. The predicted octanol–water partition coefficient (Wildman–Crippen LogP) is 4.60. The molecule has 7 heteroatoms. The van der Waals surface area contributed by atoms with E-state index in [1.54, 1.807) is 12.5 Å². The normalized spacial score (nSPS) is 11.0. The summed E-state index contributed by atoms with van der Waals surface area (Å²) >= 11 is 0. The molecule has 0 spiro atoms. The average molecular weight is 430 g/mol. The van der Waals surface area contributed by atoms with Crippen molar-refractivity contribution in [2.45, 2.75) is 13.5 Å². The Hall–Kier alpha value is -3.71. The van der Waals surface area contributed by atoms with Gasteiger partial charge in [-0.3, -0.25) is 4.98 Å². The van der Waals surface area contributed by atoms with Gasteiger partial charge < -0.3 is 19.7 Å². The summed E-state index contributed by atoms with van der Waals surface area (Å²) in [5.74, 6) is 2.19. The van der Waals surface area contributed by atoms with E-state index in [1.807, 2.05) is 75.6 Å². The number of nitrogens with zero attached hydrogens (tertiary/aromatic N) is 4. The Labute approximate surface area is 188 Å². The highest BCUT2D eigenvalue weighted by molar-refractivity contribution is 5.91. The molecule has 0 saturated carbocycles. The number of fused-ring (bicyclic) bond motifs is 1. The lowest BCUT2D eigenvalue weighted by atomic mass is 10.1. The molecule has 2 aromatic carbocycles. The molecule has 0 amide bonds. The molecule has 164 valence electrons. The van der Waals surface area contributed by atoms with Gasteiger partial charge in [-0.05, 0) is 56.9 Å². The first-order valence-corrected chi connectivity index (χ1v) is 10.5. The number of nitrogens with one attached hydrogen (secondary N) is 1. The van der Waals surface area contributed by atoms with Crippen LogP contribution in [0.5, 0.6) is 11.5 Å². The third kappa shape index (κ3) is 5.31. The zero-order valence-corrected chi connectivity index (χ0v) is 18.6. The van der Waals surface area contributed by atoms with Crippen molar-refractivity contribution in [2.24, 2.45) is 0 Å². The van der Waals surface area contributed by atoms with E-state index in [1.165, 1.54) is 0 Å². The number of benzene rings is 2. The van der Waals surface area contributed by atoms with Crippen LogP contribution in [0.2, 0.25) is 0 Å². The summed E-state index contributed by atoms with van der Waals surface area (Å²) in [7, 11) is 4.04. The third-order valence-corrected chi connectivity index (χ3v) is 4.97. The molecule has 7 nitrogen and oxygen atoms in total. The SMILES string of the molecule is Cc1cc(Nc2ncnc3ccccc23)c(OCCN(C)C)cc1OCc1ccccn1. The Morgan fingerprint density at radius 2 is 1.75 bits per heavy atom. The van der Waals surface area contributed by atoms with E-state index in [0.717, 1.165) is 46.0 Å². The molecule has 0 aliphatic rings. The summed E-state index contributed by atoms with van der Waals surface area (Å²) in [4.78, 5) is 15.2. The monoisotopic (exact) mass is 429 g/mol.